The lowest BCUT2D eigenvalue weighted by Crippen LogP contribution is -2.24. The lowest BCUT2D eigenvalue weighted by Gasteiger charge is -2.11. The number of nitrogens with one attached hydrogen (secondary N) is 1. The topological polar surface area (TPSA) is 37.8 Å². The molecular formula is C7H7F5N2O. The molecule has 1 aromatic rings. The van der Waals surface area contributed by atoms with E-state index in [1.807, 2.05) is 0 Å². The van der Waals surface area contributed by atoms with Gasteiger partial charge in [-0.25, -0.2) is 0 Å². The number of hydrogen-bond donors (Lipinski definition) is 1. The Hall–Kier alpha value is -1.34. The predicted molar refractivity (Wildman–Crippen MR) is 40.6 cm³/mol. The van der Waals surface area contributed by atoms with E-state index in [4.69, 9.17) is 0 Å². The first-order valence-corrected chi connectivity index (χ1v) is 3.79. The van der Waals surface area contributed by atoms with E-state index in [0.29, 0.717) is 4.68 Å². The maximum atomic E-state index is 12.8. The average molecular weight is 230 g/mol. The van der Waals surface area contributed by atoms with Gasteiger partial charge in [0.05, 0.1) is 0 Å². The smallest absolute Gasteiger partial charge is 0.293 e. The summed E-state index contributed by atoms with van der Waals surface area (Å²) in [4.78, 5) is 11.0. The van der Waals surface area contributed by atoms with Crippen molar-refractivity contribution in [2.75, 3.05) is 0 Å². The molecule has 0 aliphatic rings. The second kappa shape index (κ2) is 3.07. The van der Waals surface area contributed by atoms with Crippen molar-refractivity contribution in [3.8, 4) is 0 Å². The number of halogens is 5. The van der Waals surface area contributed by atoms with Crippen LogP contribution in [-0.4, -0.2) is 9.78 Å². The van der Waals surface area contributed by atoms with Crippen molar-refractivity contribution in [3.63, 3.8) is 0 Å². The fourth-order valence-electron chi connectivity index (χ4n) is 1.13. The number of hydrogen-bond acceptors (Lipinski definition) is 1. The van der Waals surface area contributed by atoms with Crippen LogP contribution in [0.4, 0.5) is 22.0 Å². The molecule has 0 saturated heterocycles. The third-order valence-electron chi connectivity index (χ3n) is 1.77. The Kier molecular flexibility index (Phi) is 2.41. The first kappa shape index (κ1) is 11.7. The highest BCUT2D eigenvalue weighted by Crippen LogP contribution is 2.35. The molecule has 0 aliphatic heterocycles. The van der Waals surface area contributed by atoms with E-state index in [2.05, 4.69) is 0 Å². The Labute approximate surface area is 80.5 Å². The lowest BCUT2D eigenvalue weighted by atomic mass is 10.1. The number of aromatic nitrogens is 2. The molecule has 0 fully saturated rings. The van der Waals surface area contributed by atoms with Gasteiger partial charge in [0.2, 0.25) is 0 Å². The molecular weight excluding hydrogens is 223 g/mol. The van der Waals surface area contributed by atoms with E-state index in [0.717, 1.165) is 7.05 Å². The summed E-state index contributed by atoms with van der Waals surface area (Å²) in [5.74, 6) is -3.74. The number of H-pyrrole nitrogens is 1. The van der Waals surface area contributed by atoms with Crippen molar-refractivity contribution < 1.29 is 22.0 Å². The van der Waals surface area contributed by atoms with Gasteiger partial charge in [-0.1, -0.05) is 0 Å². The summed E-state index contributed by atoms with van der Waals surface area (Å²) in [6, 6.07) is 0. The van der Waals surface area contributed by atoms with Crippen LogP contribution in [0.2, 0.25) is 0 Å². The molecule has 15 heavy (non-hydrogen) atoms. The van der Waals surface area contributed by atoms with Crippen LogP contribution in [0.25, 0.3) is 0 Å². The number of aryl methyl sites for hydroxylation is 1. The predicted octanol–water partition coefficient (Wildman–Crippen LogP) is 1.84. The molecule has 0 saturated carbocycles. The van der Waals surface area contributed by atoms with E-state index >= 15 is 0 Å². The largest absolute Gasteiger partial charge is 0.423 e. The Morgan fingerprint density at radius 3 is 1.93 bits per heavy atom. The normalized spacial score (nSPS) is 13.3. The highest BCUT2D eigenvalue weighted by Gasteiger charge is 2.45. The standard InChI is InChI=1S/C7H7F5N2O/c1-6(8,9)4-3(7(10,11)12)5(15)14(2)13-4/h13H,1-2H3. The average Bonchev–Trinajstić information content (AvgIpc) is 2.25. The molecule has 1 N–H and O–H groups in total. The van der Waals surface area contributed by atoms with E-state index in [-0.39, 0.29) is 6.92 Å². The number of rotatable bonds is 1. The van der Waals surface area contributed by atoms with E-state index in [9.17, 15) is 26.7 Å². The first-order valence-electron chi connectivity index (χ1n) is 3.79. The van der Waals surface area contributed by atoms with Crippen LogP contribution >= 0.6 is 0 Å². The van der Waals surface area contributed by atoms with Gasteiger partial charge in [0.1, 0.15) is 11.3 Å². The maximum Gasteiger partial charge on any atom is 0.423 e. The van der Waals surface area contributed by atoms with Gasteiger partial charge in [-0.2, -0.15) is 22.0 Å². The van der Waals surface area contributed by atoms with Crippen molar-refractivity contribution in [1.82, 2.24) is 9.78 Å². The molecule has 0 radical (unpaired) electrons. The minimum atomic E-state index is -5.09. The molecule has 1 rings (SSSR count). The van der Waals surface area contributed by atoms with E-state index in [1.54, 1.807) is 5.10 Å². The number of aromatic amines is 1. The summed E-state index contributed by atoms with van der Waals surface area (Å²) in [5.41, 5.74) is -4.78. The van der Waals surface area contributed by atoms with Gasteiger partial charge in [0.15, 0.2) is 0 Å². The van der Waals surface area contributed by atoms with Gasteiger partial charge in [0.25, 0.3) is 11.5 Å². The van der Waals surface area contributed by atoms with Crippen LogP contribution in [0.15, 0.2) is 4.79 Å². The Morgan fingerprint density at radius 2 is 1.67 bits per heavy atom. The second-order valence-electron chi connectivity index (χ2n) is 3.11. The summed E-state index contributed by atoms with van der Waals surface area (Å²) >= 11 is 0. The van der Waals surface area contributed by atoms with Gasteiger partial charge < -0.3 is 0 Å². The van der Waals surface area contributed by atoms with Crippen molar-refractivity contribution in [2.24, 2.45) is 7.05 Å². The SMILES string of the molecule is Cn1[nH]c(C(C)(F)F)c(C(F)(F)F)c1=O. The van der Waals surface area contributed by atoms with Crippen molar-refractivity contribution in [1.29, 1.82) is 0 Å². The molecule has 0 amide bonds. The quantitative estimate of drug-likeness (QED) is 0.734. The minimum Gasteiger partial charge on any atom is -0.293 e. The molecule has 3 nitrogen and oxygen atoms in total. The molecule has 0 unspecified atom stereocenters. The van der Waals surface area contributed by atoms with Crippen LogP contribution in [0.3, 0.4) is 0 Å². The molecule has 86 valence electrons. The van der Waals surface area contributed by atoms with Gasteiger partial charge >= 0.3 is 6.18 Å². The summed E-state index contributed by atoms with van der Waals surface area (Å²) in [7, 11) is 0.937. The highest BCUT2D eigenvalue weighted by molar-refractivity contribution is 5.24. The lowest BCUT2D eigenvalue weighted by molar-refractivity contribution is -0.142. The van der Waals surface area contributed by atoms with Gasteiger partial charge in [-0.3, -0.25) is 14.6 Å². The molecule has 8 heteroatoms. The second-order valence-corrected chi connectivity index (χ2v) is 3.11. The summed E-state index contributed by atoms with van der Waals surface area (Å²) < 4.78 is 62.7. The van der Waals surface area contributed by atoms with Gasteiger partial charge in [-0.15, -0.1) is 0 Å². The van der Waals surface area contributed by atoms with Crippen LogP contribution in [0.1, 0.15) is 18.2 Å². The summed E-state index contributed by atoms with van der Waals surface area (Å²) in [5, 5.41) is 1.69. The number of nitrogens with zero attached hydrogens (tertiary/aromatic N) is 1. The fraction of sp³-hybridized carbons (Fsp3) is 0.571. The third kappa shape index (κ3) is 2.02. The Balaban J connectivity index is 3.56. The Morgan fingerprint density at radius 1 is 1.20 bits per heavy atom. The Bertz CT molecular complexity index is 422. The van der Waals surface area contributed by atoms with E-state index in [1.165, 1.54) is 0 Å². The molecule has 1 aromatic heterocycles. The zero-order chi connectivity index (χ0) is 12.0. The highest BCUT2D eigenvalue weighted by atomic mass is 19.4. The van der Waals surface area contributed by atoms with Crippen molar-refractivity contribution in [2.45, 2.75) is 19.0 Å². The van der Waals surface area contributed by atoms with Crippen LogP contribution < -0.4 is 5.56 Å². The van der Waals surface area contributed by atoms with Crippen LogP contribution in [0, 0.1) is 0 Å². The van der Waals surface area contributed by atoms with Gasteiger partial charge in [-0.05, 0) is 0 Å². The third-order valence-corrected chi connectivity index (χ3v) is 1.77. The van der Waals surface area contributed by atoms with E-state index < -0.39 is 28.9 Å². The first-order chi connectivity index (χ1) is 6.55. The molecule has 0 bridgehead atoms. The van der Waals surface area contributed by atoms with Crippen molar-refractivity contribution >= 4 is 0 Å². The fourth-order valence-corrected chi connectivity index (χ4v) is 1.13. The molecule has 0 aliphatic carbocycles. The zero-order valence-electron chi connectivity index (χ0n) is 7.75. The molecule has 1 heterocycles. The number of alkyl halides is 5. The summed E-state index contributed by atoms with van der Waals surface area (Å²) in [6.07, 6.45) is -5.09. The molecule has 0 aromatic carbocycles. The van der Waals surface area contributed by atoms with Crippen LogP contribution in [-0.2, 0) is 19.1 Å². The zero-order valence-corrected chi connectivity index (χ0v) is 7.75. The minimum absolute atomic E-state index is 0.285. The molecule has 0 spiro atoms. The van der Waals surface area contributed by atoms with Gasteiger partial charge in [0, 0.05) is 14.0 Å². The van der Waals surface area contributed by atoms with Crippen molar-refractivity contribution in [3.05, 3.63) is 21.6 Å². The summed E-state index contributed by atoms with van der Waals surface area (Å²) in [6.45, 7) is 0.285. The molecule has 0 atom stereocenters. The monoisotopic (exact) mass is 230 g/mol. The van der Waals surface area contributed by atoms with Crippen LogP contribution in [0.5, 0.6) is 0 Å². The maximum absolute atomic E-state index is 12.8.